The third kappa shape index (κ3) is 14.8. The van der Waals surface area contributed by atoms with Gasteiger partial charge in [-0.3, -0.25) is 4.99 Å². The van der Waals surface area contributed by atoms with Crippen LogP contribution >= 0.6 is 35.4 Å². The third-order valence-electron chi connectivity index (χ3n) is 9.77. The minimum absolute atomic E-state index is 0.225. The van der Waals surface area contributed by atoms with E-state index in [1.807, 2.05) is 49.8 Å². The zero-order chi connectivity index (χ0) is 41.3. The van der Waals surface area contributed by atoms with Gasteiger partial charge in [0.05, 0.1) is 27.5 Å². The molecule has 0 bridgehead atoms. The minimum atomic E-state index is -0.877. The first-order valence-corrected chi connectivity index (χ1v) is 27.6. The van der Waals surface area contributed by atoms with Gasteiger partial charge in [0.25, 0.3) is 0 Å². The van der Waals surface area contributed by atoms with Crippen LogP contribution in [0.4, 0.5) is 5.69 Å². The molecule has 0 radical (unpaired) electrons. The first kappa shape index (κ1) is 45.9. The monoisotopic (exact) mass is 1020 g/mol. The Bertz CT molecular complexity index is 1930. The average Bonchev–Trinajstić information content (AvgIpc) is 3.31. The van der Waals surface area contributed by atoms with Gasteiger partial charge < -0.3 is 9.84 Å². The number of para-hydroxylation sites is 1. The second-order valence-corrected chi connectivity index (χ2v) is 18.7. The van der Waals surface area contributed by atoms with Crippen molar-refractivity contribution in [1.82, 2.24) is 0 Å². The molecule has 0 aromatic heterocycles. The van der Waals surface area contributed by atoms with Crippen molar-refractivity contribution in [1.29, 1.82) is 0 Å². The Morgan fingerprint density at radius 2 is 0.712 bits per heavy atom. The fourth-order valence-corrected chi connectivity index (χ4v) is 12.2. The molecule has 302 valence electrons. The van der Waals surface area contributed by atoms with Gasteiger partial charge in [0.15, 0.2) is 0 Å². The normalized spacial score (nSPS) is 13.9. The first-order valence-electron chi connectivity index (χ1n) is 20.0. The van der Waals surface area contributed by atoms with E-state index in [0.29, 0.717) is 0 Å². The molecule has 0 N–H and O–H groups in total. The number of hydrogen-bond acceptors (Lipinski definition) is 3. The zero-order valence-electron chi connectivity index (χ0n) is 33.4. The van der Waals surface area contributed by atoms with E-state index < -0.39 is 15.8 Å². The van der Waals surface area contributed by atoms with E-state index in [1.165, 1.54) is 51.8 Å². The van der Waals surface area contributed by atoms with Gasteiger partial charge in [-0.25, -0.2) is 0 Å². The van der Waals surface area contributed by atoms with Gasteiger partial charge >= 0.3 is 35.1 Å². The topological polar surface area (TPSA) is 44.6 Å². The predicted molar refractivity (Wildman–Crippen MR) is 262 cm³/mol. The van der Waals surface area contributed by atoms with Crippen LogP contribution in [-0.2, 0) is 20.3 Å². The molecule has 59 heavy (non-hydrogen) atoms. The number of aliphatic imine (C=N–C) groups is 1. The molecule has 7 heteroatoms. The van der Waals surface area contributed by atoms with Crippen LogP contribution in [0.2, 0.25) is 0 Å². The van der Waals surface area contributed by atoms with Crippen LogP contribution in [0.25, 0.3) is 0 Å². The Labute approximate surface area is 375 Å². The van der Waals surface area contributed by atoms with Gasteiger partial charge in [-0.2, -0.15) is 0 Å². The van der Waals surface area contributed by atoms with E-state index in [4.69, 9.17) is 4.74 Å². The summed E-state index contributed by atoms with van der Waals surface area (Å²) in [5.74, 6) is -0.225. The molecule has 1 aliphatic rings. The minimum Gasteiger partial charge on any atom is -0.0620 e. The van der Waals surface area contributed by atoms with Crippen molar-refractivity contribution in [3.05, 3.63) is 224 Å². The van der Waals surface area contributed by atoms with Crippen molar-refractivity contribution in [3.63, 3.8) is 0 Å². The number of allylic oxidation sites excluding steroid dienone is 1. The molecule has 0 atom stereocenters. The summed E-state index contributed by atoms with van der Waals surface area (Å²) in [6.07, 6.45) is 6.16. The summed E-state index contributed by atoms with van der Waals surface area (Å²) in [6.45, 7) is 0. The maximum absolute atomic E-state index is 11.9. The molecule has 0 unspecified atom stereocenters. The number of rotatable bonds is 8. The Morgan fingerprint density at radius 3 is 1.00 bits per heavy atom. The van der Waals surface area contributed by atoms with Crippen molar-refractivity contribution in [2.45, 2.75) is 38.5 Å². The van der Waals surface area contributed by atoms with Gasteiger partial charge in [-0.05, 0) is 123 Å². The fraction of sp³-hybridized carbons (Fsp3) is 0.135. The van der Waals surface area contributed by atoms with Crippen molar-refractivity contribution in [2.24, 2.45) is 4.99 Å². The number of ether oxygens (including phenoxy) is 1. The molecule has 7 aromatic rings. The number of hydrogen-bond donors (Lipinski definition) is 0. The Hall–Kier alpha value is -4.20. The summed E-state index contributed by atoms with van der Waals surface area (Å²) in [4.78, 5) is 4.65. The van der Waals surface area contributed by atoms with E-state index in [9.17, 15) is 5.11 Å². The van der Waals surface area contributed by atoms with Crippen LogP contribution in [0.3, 0.4) is 0 Å². The van der Waals surface area contributed by atoms with Crippen molar-refractivity contribution in [3.8, 4) is 0 Å². The van der Waals surface area contributed by atoms with Crippen LogP contribution in [0, 0.1) is 0 Å². The van der Waals surface area contributed by atoms with Gasteiger partial charge in [0.2, 0.25) is 0 Å². The molecule has 7 aromatic carbocycles. The van der Waals surface area contributed by atoms with E-state index in [-0.39, 0.29) is 5.95 Å². The number of nitrogens with zero attached hydrogens (tertiary/aromatic N) is 1. The molecule has 0 saturated heterocycles. The van der Waals surface area contributed by atoms with Gasteiger partial charge in [-0.1, -0.05) is 140 Å². The number of benzene rings is 7. The first-order chi connectivity index (χ1) is 29.2. The summed E-state index contributed by atoms with van der Waals surface area (Å²) in [7, 11) is -0.316. The quantitative estimate of drug-likeness (QED) is 0.0659. The van der Waals surface area contributed by atoms with Crippen molar-refractivity contribution < 1.29 is 25.4 Å². The second-order valence-electron chi connectivity index (χ2n) is 13.7. The van der Waals surface area contributed by atoms with Crippen LogP contribution < -0.4 is 36.9 Å². The van der Waals surface area contributed by atoms with Crippen molar-refractivity contribution in [2.75, 3.05) is 7.11 Å². The van der Waals surface area contributed by atoms with Crippen LogP contribution in [-0.4, -0.2) is 12.8 Å². The molecule has 0 amide bonds. The Morgan fingerprint density at radius 1 is 0.441 bits per heavy atom. The zero-order valence-corrected chi connectivity index (χ0v) is 39.1. The SMILES string of the molecule is CO/C([O-])=C1\CCCCCCC1=Nc1ccccc1.[Pd+][I].c1ccc([PH+](c2ccccc2)c2ccccc2)cc1.c1ccc([PH+](c2ccccc2)c2ccccc2)cc1. The second kappa shape index (κ2) is 26.8. The molecular formula is C52H52INO2P2Pd+2. The molecule has 0 aliphatic heterocycles. The van der Waals surface area contributed by atoms with Gasteiger partial charge in [0.1, 0.15) is 31.8 Å². The molecule has 0 heterocycles. The predicted octanol–water partition coefficient (Wildman–Crippen LogP) is 10.6. The molecule has 1 aliphatic carbocycles. The Kier molecular flexibility index (Phi) is 20.8. The Balaban J connectivity index is 0.000000165. The molecule has 3 nitrogen and oxygen atoms in total. The third-order valence-corrected chi connectivity index (χ3v) is 15.2. The van der Waals surface area contributed by atoms with Crippen molar-refractivity contribution >= 4 is 78.6 Å². The van der Waals surface area contributed by atoms with E-state index >= 15 is 0 Å². The molecule has 1 fully saturated rings. The maximum atomic E-state index is 11.9. The summed E-state index contributed by atoms with van der Waals surface area (Å²) in [5, 5.41) is 20.5. The summed E-state index contributed by atoms with van der Waals surface area (Å²) >= 11 is 4.72. The summed E-state index contributed by atoms with van der Waals surface area (Å²) < 4.78 is 4.90. The molecule has 1 saturated carbocycles. The molecular weight excluding hydrogens is 966 g/mol. The summed E-state index contributed by atoms with van der Waals surface area (Å²) in [5.41, 5.74) is 2.56. The van der Waals surface area contributed by atoms with Crippen LogP contribution in [0.15, 0.2) is 229 Å². The van der Waals surface area contributed by atoms with E-state index in [0.717, 1.165) is 42.7 Å². The van der Waals surface area contributed by atoms with Gasteiger partial charge in [0, 0.05) is 5.71 Å². The smallest absolute Gasteiger partial charge is 0.0620 e. The largest absolute Gasteiger partial charge is 0.102 e. The molecule has 0 spiro atoms. The van der Waals surface area contributed by atoms with E-state index in [1.54, 1.807) is 0 Å². The average molecular weight is 1020 g/mol. The summed E-state index contributed by atoms with van der Waals surface area (Å²) in [6, 6.07) is 74.8. The van der Waals surface area contributed by atoms with E-state index in [2.05, 4.69) is 203 Å². The van der Waals surface area contributed by atoms with Crippen LogP contribution in [0.5, 0.6) is 0 Å². The van der Waals surface area contributed by atoms with Gasteiger partial charge in [-0.15, -0.1) is 0 Å². The van der Waals surface area contributed by atoms with Crippen LogP contribution in [0.1, 0.15) is 38.5 Å². The number of methoxy groups -OCH3 is 1. The maximum Gasteiger partial charge on any atom is 0.102 e. The number of halogens is 1. The fourth-order valence-electron chi connectivity index (χ4n) is 7.00. The molecule has 8 rings (SSSR count). The standard InChI is InChI=1S/2C18H15P.C16H21NO2.HI.Pd/c2*1-4-10-16(11-5-1)19(17-12-6-2-7-13-17)18-14-8-3-9-15-18;1-19-16(18)14-11-7-2-3-8-12-15(14)17-13-9-5-4-6-10-13;;/h2*1-15H;4-6,9-10,18H,2-3,7-8,11-12H2,1H3;1H;/q;;;;+2/b;;16-14+,17-15?;;.